The summed E-state index contributed by atoms with van der Waals surface area (Å²) in [7, 11) is 0. The molecule has 2 rings (SSSR count). The number of nitrogens with two attached hydrogens (primary N) is 1. The molecule has 0 aliphatic rings. The number of alkyl halides is 3. The topological polar surface area (TPSA) is 70.8 Å². The molecule has 0 saturated heterocycles. The van der Waals surface area contributed by atoms with Gasteiger partial charge >= 0.3 is 12.3 Å². The van der Waals surface area contributed by atoms with E-state index in [-0.39, 0.29) is 12.4 Å². The fourth-order valence-electron chi connectivity index (χ4n) is 1.90. The second-order valence-corrected chi connectivity index (χ2v) is 5.15. The van der Waals surface area contributed by atoms with Crippen molar-refractivity contribution in [1.29, 1.82) is 0 Å². The Morgan fingerprint density at radius 2 is 1.48 bits per heavy atom. The van der Waals surface area contributed by atoms with E-state index in [1.54, 1.807) is 31.2 Å². The summed E-state index contributed by atoms with van der Waals surface area (Å²) in [5.41, 5.74) is 4.12. The van der Waals surface area contributed by atoms with Gasteiger partial charge in [-0.05, 0) is 55.5 Å². The molecule has 1 atom stereocenters. The van der Waals surface area contributed by atoms with Crippen molar-refractivity contribution in [3.05, 3.63) is 54.1 Å². The zero-order valence-corrected chi connectivity index (χ0v) is 13.2. The van der Waals surface area contributed by atoms with Crippen molar-refractivity contribution in [2.75, 3.05) is 6.61 Å². The van der Waals surface area contributed by atoms with Gasteiger partial charge in [0.25, 0.3) is 0 Å². The summed E-state index contributed by atoms with van der Waals surface area (Å²) in [5.74, 6) is 1.23. The van der Waals surface area contributed by atoms with Crippen LogP contribution in [0.2, 0.25) is 0 Å². The van der Waals surface area contributed by atoms with Crippen LogP contribution in [0.1, 0.15) is 12.5 Å². The number of carbonyl (C=O) groups excluding carboxylic acids is 1. The fourth-order valence-corrected chi connectivity index (χ4v) is 1.90. The summed E-state index contributed by atoms with van der Waals surface area (Å²) < 4.78 is 53.1. The van der Waals surface area contributed by atoms with Gasteiger partial charge in [0.15, 0.2) is 0 Å². The highest BCUT2D eigenvalue weighted by Gasteiger charge is 2.30. The molecule has 8 heteroatoms. The molecule has 2 aromatic rings. The summed E-state index contributed by atoms with van der Waals surface area (Å²) in [6.45, 7) is 1.72. The first-order valence-corrected chi connectivity index (χ1v) is 7.28. The molecule has 0 aromatic heterocycles. The maximum Gasteiger partial charge on any atom is 0.416 e. The standard InChI is InChI=1S/C17H16F3NO4/c1-11(10-23-16(21)22)24-13-6-8-15(9-7-13)25-14-4-2-12(3-5-14)17(18,19)20/h2-9,11H,10H2,1H3,(H2,21,22). The largest absolute Gasteiger partial charge is 0.487 e. The van der Waals surface area contributed by atoms with Gasteiger partial charge < -0.3 is 19.9 Å². The maximum atomic E-state index is 12.5. The van der Waals surface area contributed by atoms with Gasteiger partial charge in [0, 0.05) is 0 Å². The van der Waals surface area contributed by atoms with Gasteiger partial charge in [-0.1, -0.05) is 0 Å². The molecule has 2 aromatic carbocycles. The van der Waals surface area contributed by atoms with Gasteiger partial charge in [0.1, 0.15) is 30.0 Å². The van der Waals surface area contributed by atoms with Gasteiger partial charge in [-0.3, -0.25) is 0 Å². The molecule has 25 heavy (non-hydrogen) atoms. The van der Waals surface area contributed by atoms with E-state index in [4.69, 9.17) is 15.2 Å². The second kappa shape index (κ2) is 7.78. The van der Waals surface area contributed by atoms with Crippen LogP contribution in [0.25, 0.3) is 0 Å². The van der Waals surface area contributed by atoms with E-state index in [1.807, 2.05) is 0 Å². The van der Waals surface area contributed by atoms with Gasteiger partial charge in [0.2, 0.25) is 0 Å². The van der Waals surface area contributed by atoms with Gasteiger partial charge in [-0.15, -0.1) is 0 Å². The van der Waals surface area contributed by atoms with Crippen LogP contribution in [0.3, 0.4) is 0 Å². The highest BCUT2D eigenvalue weighted by atomic mass is 19.4. The van der Waals surface area contributed by atoms with Crippen molar-refractivity contribution in [3.8, 4) is 17.2 Å². The van der Waals surface area contributed by atoms with Crippen LogP contribution in [-0.4, -0.2) is 18.8 Å². The first kappa shape index (κ1) is 18.4. The normalized spacial score (nSPS) is 12.3. The first-order chi connectivity index (χ1) is 11.7. The zero-order valence-electron chi connectivity index (χ0n) is 13.2. The van der Waals surface area contributed by atoms with E-state index in [0.29, 0.717) is 11.5 Å². The number of amides is 1. The number of primary amides is 1. The summed E-state index contributed by atoms with van der Waals surface area (Å²) in [6.07, 6.45) is -5.66. The van der Waals surface area contributed by atoms with Gasteiger partial charge in [-0.25, -0.2) is 4.79 Å². The summed E-state index contributed by atoms with van der Waals surface area (Å²) in [5, 5.41) is 0. The van der Waals surface area contributed by atoms with Crippen LogP contribution in [0.4, 0.5) is 18.0 Å². The molecule has 0 bridgehead atoms. The highest BCUT2D eigenvalue weighted by molar-refractivity contribution is 5.64. The lowest BCUT2D eigenvalue weighted by Crippen LogP contribution is -2.24. The fraction of sp³-hybridized carbons (Fsp3) is 0.235. The van der Waals surface area contributed by atoms with E-state index in [2.05, 4.69) is 4.74 Å². The zero-order chi connectivity index (χ0) is 18.4. The third-order valence-corrected chi connectivity index (χ3v) is 3.04. The van der Waals surface area contributed by atoms with E-state index in [0.717, 1.165) is 12.1 Å². The number of benzene rings is 2. The average Bonchev–Trinajstić information content (AvgIpc) is 2.54. The third kappa shape index (κ3) is 5.91. The van der Waals surface area contributed by atoms with Crippen LogP contribution >= 0.6 is 0 Å². The molecule has 0 fully saturated rings. The number of ether oxygens (including phenoxy) is 3. The maximum absolute atomic E-state index is 12.5. The minimum absolute atomic E-state index is 0.0130. The van der Waals surface area contributed by atoms with E-state index < -0.39 is 23.9 Å². The summed E-state index contributed by atoms with van der Waals surface area (Å²) >= 11 is 0. The third-order valence-electron chi connectivity index (χ3n) is 3.04. The molecule has 0 aliphatic carbocycles. The van der Waals surface area contributed by atoms with Gasteiger partial charge in [-0.2, -0.15) is 13.2 Å². The molecule has 5 nitrogen and oxygen atoms in total. The van der Waals surface area contributed by atoms with Crippen LogP contribution in [0, 0.1) is 0 Å². The number of carbonyl (C=O) groups is 1. The van der Waals surface area contributed by atoms with Crippen molar-refractivity contribution in [1.82, 2.24) is 0 Å². The highest BCUT2D eigenvalue weighted by Crippen LogP contribution is 2.31. The Labute approximate surface area is 142 Å². The Hall–Kier alpha value is -2.90. The van der Waals surface area contributed by atoms with Crippen LogP contribution in [0.5, 0.6) is 17.2 Å². The Morgan fingerprint density at radius 3 is 1.96 bits per heavy atom. The SMILES string of the molecule is CC(COC(N)=O)Oc1ccc(Oc2ccc(C(F)(F)F)cc2)cc1. The van der Waals surface area contributed by atoms with E-state index in [1.165, 1.54) is 12.1 Å². The number of halogens is 3. The molecular weight excluding hydrogens is 339 g/mol. The Morgan fingerprint density at radius 1 is 1.00 bits per heavy atom. The molecule has 1 unspecified atom stereocenters. The van der Waals surface area contributed by atoms with E-state index in [9.17, 15) is 18.0 Å². The van der Waals surface area contributed by atoms with Crippen molar-refractivity contribution < 1.29 is 32.2 Å². The molecule has 2 N–H and O–H groups in total. The monoisotopic (exact) mass is 355 g/mol. The summed E-state index contributed by atoms with van der Waals surface area (Å²) in [4.78, 5) is 10.5. The van der Waals surface area contributed by atoms with Crippen LogP contribution in [0.15, 0.2) is 48.5 Å². The molecule has 0 saturated carbocycles. The number of hydrogen-bond acceptors (Lipinski definition) is 4. The lowest BCUT2D eigenvalue weighted by molar-refractivity contribution is -0.137. The Bertz CT molecular complexity index is 699. The number of hydrogen-bond donors (Lipinski definition) is 1. The lowest BCUT2D eigenvalue weighted by atomic mass is 10.2. The van der Waals surface area contributed by atoms with Crippen LogP contribution < -0.4 is 15.2 Å². The predicted molar refractivity (Wildman–Crippen MR) is 83.6 cm³/mol. The van der Waals surface area contributed by atoms with Crippen molar-refractivity contribution in [3.63, 3.8) is 0 Å². The average molecular weight is 355 g/mol. The van der Waals surface area contributed by atoms with Gasteiger partial charge in [0.05, 0.1) is 5.56 Å². The molecule has 0 radical (unpaired) electrons. The molecular formula is C17H16F3NO4. The van der Waals surface area contributed by atoms with E-state index >= 15 is 0 Å². The predicted octanol–water partition coefficient (Wildman–Crippen LogP) is 4.36. The van der Waals surface area contributed by atoms with Crippen molar-refractivity contribution in [2.24, 2.45) is 5.73 Å². The molecule has 0 spiro atoms. The molecule has 0 heterocycles. The Balaban J connectivity index is 1.92. The number of rotatable bonds is 6. The minimum atomic E-state index is -4.38. The smallest absolute Gasteiger partial charge is 0.416 e. The summed E-state index contributed by atoms with van der Waals surface area (Å²) in [6, 6.07) is 10.9. The Kier molecular flexibility index (Phi) is 5.74. The molecule has 134 valence electrons. The quantitative estimate of drug-likeness (QED) is 0.836. The minimum Gasteiger partial charge on any atom is -0.487 e. The van der Waals surface area contributed by atoms with Crippen molar-refractivity contribution in [2.45, 2.75) is 19.2 Å². The molecule has 1 amide bonds. The van der Waals surface area contributed by atoms with Crippen LogP contribution in [-0.2, 0) is 10.9 Å². The van der Waals surface area contributed by atoms with Crippen molar-refractivity contribution >= 4 is 6.09 Å². The lowest BCUT2D eigenvalue weighted by Gasteiger charge is -2.14. The second-order valence-electron chi connectivity index (χ2n) is 5.15. The molecule has 0 aliphatic heterocycles. The first-order valence-electron chi connectivity index (χ1n) is 7.28.